The van der Waals surface area contributed by atoms with Crippen LogP contribution in [0.2, 0.25) is 0 Å². The smallest absolute Gasteiger partial charge is 0.240 e. The van der Waals surface area contributed by atoms with E-state index in [0.717, 1.165) is 6.42 Å². The van der Waals surface area contributed by atoms with Crippen LogP contribution in [-0.4, -0.2) is 55.9 Å². The highest BCUT2D eigenvalue weighted by atomic mass is 32.2. The van der Waals surface area contributed by atoms with Crippen molar-refractivity contribution in [3.05, 3.63) is 0 Å². The maximum atomic E-state index is 12.0. The Morgan fingerprint density at radius 3 is 2.62 bits per heavy atom. The zero-order chi connectivity index (χ0) is 12.0. The summed E-state index contributed by atoms with van der Waals surface area (Å²) in [5.41, 5.74) is -0.485. The largest absolute Gasteiger partial charge is 0.335 e. The van der Waals surface area contributed by atoms with Gasteiger partial charge in [0.2, 0.25) is 5.91 Å². The van der Waals surface area contributed by atoms with Crippen molar-refractivity contribution < 1.29 is 13.2 Å². The van der Waals surface area contributed by atoms with E-state index in [2.05, 4.69) is 5.32 Å². The van der Waals surface area contributed by atoms with Crippen LogP contribution in [0.5, 0.6) is 0 Å². The molecular weight excluding hydrogens is 228 g/mol. The SMILES string of the molecule is CNC1CCN(C2(C)CCS(=O)(=O)C2)C1=O. The Morgan fingerprint density at radius 2 is 2.19 bits per heavy atom. The number of nitrogens with one attached hydrogen (secondary N) is 1. The highest BCUT2D eigenvalue weighted by Gasteiger charge is 2.48. The van der Waals surface area contributed by atoms with Gasteiger partial charge in [0.05, 0.1) is 23.1 Å². The molecule has 0 aliphatic carbocycles. The van der Waals surface area contributed by atoms with Crippen LogP contribution >= 0.6 is 0 Å². The number of nitrogens with zero attached hydrogens (tertiary/aromatic N) is 1. The Hall–Kier alpha value is -0.620. The molecule has 0 aromatic rings. The summed E-state index contributed by atoms with van der Waals surface area (Å²) in [6, 6.07) is -0.139. The van der Waals surface area contributed by atoms with Crippen molar-refractivity contribution in [1.82, 2.24) is 10.2 Å². The molecule has 2 aliphatic heterocycles. The highest BCUT2D eigenvalue weighted by Crippen LogP contribution is 2.32. The zero-order valence-corrected chi connectivity index (χ0v) is 10.5. The molecule has 0 aromatic heterocycles. The number of likely N-dealkylation sites (tertiary alicyclic amines) is 1. The number of carbonyl (C=O) groups is 1. The first-order valence-electron chi connectivity index (χ1n) is 5.57. The molecule has 1 amide bonds. The quantitative estimate of drug-likeness (QED) is 0.705. The van der Waals surface area contributed by atoms with Gasteiger partial charge in [-0.3, -0.25) is 4.79 Å². The minimum Gasteiger partial charge on any atom is -0.335 e. The molecule has 2 fully saturated rings. The molecule has 1 N–H and O–H groups in total. The molecule has 0 bridgehead atoms. The number of sulfone groups is 1. The zero-order valence-electron chi connectivity index (χ0n) is 9.69. The number of amides is 1. The standard InChI is InChI=1S/C10H18N2O3S/c1-10(4-6-16(14,15)7-10)12-5-3-8(11-2)9(12)13/h8,11H,3-7H2,1-2H3. The van der Waals surface area contributed by atoms with Gasteiger partial charge in [0.25, 0.3) is 0 Å². The van der Waals surface area contributed by atoms with E-state index in [9.17, 15) is 13.2 Å². The maximum absolute atomic E-state index is 12.0. The third-order valence-corrected chi connectivity index (χ3v) is 5.58. The Morgan fingerprint density at radius 1 is 1.50 bits per heavy atom. The van der Waals surface area contributed by atoms with Crippen molar-refractivity contribution in [3.63, 3.8) is 0 Å². The number of likely N-dealkylation sites (N-methyl/N-ethyl adjacent to an activating group) is 1. The van der Waals surface area contributed by atoms with Crippen LogP contribution in [0.25, 0.3) is 0 Å². The summed E-state index contributed by atoms with van der Waals surface area (Å²) in [6.45, 7) is 2.55. The number of rotatable bonds is 2. The molecule has 16 heavy (non-hydrogen) atoms. The normalized spacial score (nSPS) is 38.2. The van der Waals surface area contributed by atoms with E-state index in [1.807, 2.05) is 6.92 Å². The molecule has 5 nitrogen and oxygen atoms in total. The van der Waals surface area contributed by atoms with Crippen molar-refractivity contribution in [1.29, 1.82) is 0 Å². The van der Waals surface area contributed by atoms with Crippen LogP contribution in [0.3, 0.4) is 0 Å². The van der Waals surface area contributed by atoms with Crippen molar-refractivity contribution in [2.45, 2.75) is 31.3 Å². The Kier molecular flexibility index (Phi) is 2.74. The Labute approximate surface area is 96.1 Å². The average molecular weight is 246 g/mol. The van der Waals surface area contributed by atoms with Crippen molar-refractivity contribution >= 4 is 15.7 Å². The van der Waals surface area contributed by atoms with Crippen LogP contribution in [0.15, 0.2) is 0 Å². The predicted octanol–water partition coefficient (Wildman–Crippen LogP) is -0.616. The average Bonchev–Trinajstić information content (AvgIpc) is 2.68. The van der Waals surface area contributed by atoms with Gasteiger partial charge in [0.1, 0.15) is 0 Å². The highest BCUT2D eigenvalue weighted by molar-refractivity contribution is 7.91. The van der Waals surface area contributed by atoms with E-state index < -0.39 is 15.4 Å². The minimum atomic E-state index is -2.95. The molecule has 2 atom stereocenters. The number of carbonyl (C=O) groups excluding carboxylic acids is 1. The first-order valence-corrected chi connectivity index (χ1v) is 7.39. The van der Waals surface area contributed by atoms with Crippen molar-refractivity contribution in [2.75, 3.05) is 25.1 Å². The molecule has 92 valence electrons. The summed E-state index contributed by atoms with van der Waals surface area (Å²) in [5, 5.41) is 2.96. The molecule has 6 heteroatoms. The van der Waals surface area contributed by atoms with Crippen LogP contribution in [0.4, 0.5) is 0 Å². The molecule has 2 heterocycles. The first kappa shape index (κ1) is 11.9. The summed E-state index contributed by atoms with van der Waals surface area (Å²) >= 11 is 0. The van der Waals surface area contributed by atoms with E-state index in [1.54, 1.807) is 11.9 Å². The number of hydrogen-bond acceptors (Lipinski definition) is 4. The Bertz CT molecular complexity index is 406. The molecule has 0 spiro atoms. The summed E-state index contributed by atoms with van der Waals surface area (Å²) in [7, 11) is -1.19. The molecule has 2 rings (SSSR count). The molecule has 2 unspecified atom stereocenters. The predicted molar refractivity (Wildman–Crippen MR) is 60.9 cm³/mol. The number of hydrogen-bond donors (Lipinski definition) is 1. The van der Waals surface area contributed by atoms with E-state index in [4.69, 9.17) is 0 Å². The summed E-state index contributed by atoms with van der Waals surface area (Å²) < 4.78 is 23.0. The second-order valence-corrected chi connectivity index (χ2v) is 7.14. The fourth-order valence-electron chi connectivity index (χ4n) is 2.69. The molecule has 0 aromatic carbocycles. The molecule has 0 saturated carbocycles. The lowest BCUT2D eigenvalue weighted by Gasteiger charge is -2.34. The van der Waals surface area contributed by atoms with Gasteiger partial charge in [-0.1, -0.05) is 0 Å². The summed E-state index contributed by atoms with van der Waals surface area (Å²) in [6.07, 6.45) is 1.34. The minimum absolute atomic E-state index is 0.0436. The van der Waals surface area contributed by atoms with Crippen molar-refractivity contribution in [3.8, 4) is 0 Å². The second-order valence-electron chi connectivity index (χ2n) is 4.96. The van der Waals surface area contributed by atoms with Gasteiger partial charge in [-0.05, 0) is 26.8 Å². The van der Waals surface area contributed by atoms with Crippen LogP contribution in [0, 0.1) is 0 Å². The van der Waals surface area contributed by atoms with Crippen LogP contribution in [-0.2, 0) is 14.6 Å². The topological polar surface area (TPSA) is 66.5 Å². The Balaban J connectivity index is 2.18. The monoisotopic (exact) mass is 246 g/mol. The lowest BCUT2D eigenvalue weighted by molar-refractivity contribution is -0.133. The fourth-order valence-corrected chi connectivity index (χ4v) is 4.83. The summed E-state index contributed by atoms with van der Waals surface area (Å²) in [4.78, 5) is 13.8. The van der Waals surface area contributed by atoms with Gasteiger partial charge in [-0.2, -0.15) is 0 Å². The van der Waals surface area contributed by atoms with E-state index in [1.165, 1.54) is 0 Å². The molecular formula is C10H18N2O3S. The molecule has 2 saturated heterocycles. The van der Waals surface area contributed by atoms with Gasteiger partial charge in [0.15, 0.2) is 9.84 Å². The van der Waals surface area contributed by atoms with Gasteiger partial charge >= 0.3 is 0 Å². The van der Waals surface area contributed by atoms with Gasteiger partial charge in [-0.25, -0.2) is 8.42 Å². The van der Waals surface area contributed by atoms with Gasteiger partial charge < -0.3 is 10.2 Å². The first-order chi connectivity index (χ1) is 7.38. The fraction of sp³-hybridized carbons (Fsp3) is 0.900. The van der Waals surface area contributed by atoms with Gasteiger partial charge in [0, 0.05) is 6.54 Å². The molecule has 2 aliphatic rings. The summed E-state index contributed by atoms with van der Waals surface area (Å²) in [5.74, 6) is 0.363. The third-order valence-electron chi connectivity index (χ3n) is 3.69. The van der Waals surface area contributed by atoms with E-state index in [0.29, 0.717) is 13.0 Å². The van der Waals surface area contributed by atoms with Crippen LogP contribution < -0.4 is 5.32 Å². The van der Waals surface area contributed by atoms with E-state index in [-0.39, 0.29) is 23.5 Å². The maximum Gasteiger partial charge on any atom is 0.240 e. The van der Waals surface area contributed by atoms with Crippen LogP contribution in [0.1, 0.15) is 19.8 Å². The second kappa shape index (κ2) is 3.70. The lowest BCUT2D eigenvalue weighted by atomic mass is 10.00. The lowest BCUT2D eigenvalue weighted by Crippen LogP contribution is -2.50. The molecule has 0 radical (unpaired) electrons. The van der Waals surface area contributed by atoms with Crippen molar-refractivity contribution in [2.24, 2.45) is 0 Å². The van der Waals surface area contributed by atoms with Gasteiger partial charge in [-0.15, -0.1) is 0 Å². The van der Waals surface area contributed by atoms with E-state index >= 15 is 0 Å². The third kappa shape index (κ3) is 1.84.